The molecule has 5 heteroatoms. The summed E-state index contributed by atoms with van der Waals surface area (Å²) in [5.74, 6) is -0.721. The molecule has 122 valence electrons. The SMILES string of the molecule is Cc1cc(C(=O)COC(=O)c2ccc(-n3cccc3)cc2)c(C)[nH]1. The summed E-state index contributed by atoms with van der Waals surface area (Å²) < 4.78 is 7.07. The topological polar surface area (TPSA) is 64.1 Å². The van der Waals surface area contributed by atoms with Gasteiger partial charge in [-0.1, -0.05) is 0 Å². The Morgan fingerprint density at radius 3 is 2.33 bits per heavy atom. The summed E-state index contributed by atoms with van der Waals surface area (Å²) in [6.45, 7) is 3.43. The van der Waals surface area contributed by atoms with Gasteiger partial charge in [0.2, 0.25) is 5.78 Å². The number of ether oxygens (including phenoxy) is 1. The zero-order valence-corrected chi connectivity index (χ0v) is 13.6. The lowest BCUT2D eigenvalue weighted by Crippen LogP contribution is -2.14. The number of nitrogens with zero attached hydrogens (tertiary/aromatic N) is 1. The van der Waals surface area contributed by atoms with Gasteiger partial charge in [0.25, 0.3) is 0 Å². The molecule has 1 aromatic carbocycles. The Labute approximate surface area is 139 Å². The summed E-state index contributed by atoms with van der Waals surface area (Å²) in [5.41, 5.74) is 3.61. The number of carbonyl (C=O) groups is 2. The molecular weight excluding hydrogens is 304 g/mol. The molecule has 0 bridgehead atoms. The number of nitrogens with one attached hydrogen (secondary N) is 1. The van der Waals surface area contributed by atoms with Gasteiger partial charge in [-0.05, 0) is 56.3 Å². The lowest BCUT2D eigenvalue weighted by molar-refractivity contribution is 0.0474. The minimum atomic E-state index is -0.507. The maximum Gasteiger partial charge on any atom is 0.338 e. The third-order valence-electron chi connectivity index (χ3n) is 3.79. The Hall–Kier alpha value is -3.08. The van der Waals surface area contributed by atoms with Gasteiger partial charge in [-0.25, -0.2) is 4.79 Å². The second-order valence-electron chi connectivity index (χ2n) is 5.63. The third-order valence-corrected chi connectivity index (χ3v) is 3.79. The van der Waals surface area contributed by atoms with Crippen LogP contribution in [0.4, 0.5) is 0 Å². The number of aromatic amines is 1. The molecule has 3 aromatic rings. The standard InChI is InChI=1S/C19H18N2O3/c1-13-11-17(14(2)20-13)18(22)12-24-19(23)15-5-7-16(8-6-15)21-9-3-4-10-21/h3-11,20H,12H2,1-2H3. The number of hydrogen-bond donors (Lipinski definition) is 1. The first-order valence-electron chi connectivity index (χ1n) is 7.64. The van der Waals surface area contributed by atoms with Crippen LogP contribution in [-0.4, -0.2) is 27.9 Å². The van der Waals surface area contributed by atoms with E-state index in [1.54, 1.807) is 18.2 Å². The van der Waals surface area contributed by atoms with Gasteiger partial charge in [-0.15, -0.1) is 0 Å². The van der Waals surface area contributed by atoms with Crippen molar-refractivity contribution in [2.24, 2.45) is 0 Å². The highest BCUT2D eigenvalue weighted by atomic mass is 16.5. The summed E-state index contributed by atoms with van der Waals surface area (Å²) in [4.78, 5) is 27.3. The van der Waals surface area contributed by atoms with Crippen molar-refractivity contribution < 1.29 is 14.3 Å². The number of H-pyrrole nitrogens is 1. The van der Waals surface area contributed by atoms with Crippen LogP contribution in [0.5, 0.6) is 0 Å². The summed E-state index contributed by atoms with van der Waals surface area (Å²) in [7, 11) is 0. The first-order valence-corrected chi connectivity index (χ1v) is 7.64. The number of carbonyl (C=O) groups excluding carboxylic acids is 2. The fraction of sp³-hybridized carbons (Fsp3) is 0.158. The second kappa shape index (κ2) is 6.58. The summed E-state index contributed by atoms with van der Waals surface area (Å²) >= 11 is 0. The number of aromatic nitrogens is 2. The van der Waals surface area contributed by atoms with Crippen molar-refractivity contribution in [3.63, 3.8) is 0 Å². The van der Waals surface area contributed by atoms with Crippen LogP contribution in [0.25, 0.3) is 5.69 Å². The van der Waals surface area contributed by atoms with Crippen LogP contribution in [-0.2, 0) is 4.74 Å². The van der Waals surface area contributed by atoms with E-state index in [-0.39, 0.29) is 12.4 Å². The second-order valence-corrected chi connectivity index (χ2v) is 5.63. The van der Waals surface area contributed by atoms with E-state index in [0.29, 0.717) is 11.1 Å². The van der Waals surface area contributed by atoms with E-state index in [9.17, 15) is 9.59 Å². The number of rotatable bonds is 5. The van der Waals surface area contributed by atoms with Crippen molar-refractivity contribution in [3.8, 4) is 5.69 Å². The number of hydrogen-bond acceptors (Lipinski definition) is 3. The number of ketones is 1. The molecular formula is C19H18N2O3. The number of esters is 1. The van der Waals surface area contributed by atoms with Crippen LogP contribution in [0.2, 0.25) is 0 Å². The Morgan fingerprint density at radius 2 is 1.75 bits per heavy atom. The van der Waals surface area contributed by atoms with Gasteiger partial charge in [0.1, 0.15) is 0 Å². The van der Waals surface area contributed by atoms with Crippen LogP contribution < -0.4 is 0 Å². The molecule has 0 spiro atoms. The maximum absolute atomic E-state index is 12.1. The Kier molecular flexibility index (Phi) is 4.33. The average Bonchev–Trinajstić information content (AvgIpc) is 3.22. The lowest BCUT2D eigenvalue weighted by Gasteiger charge is -2.06. The minimum Gasteiger partial charge on any atom is -0.454 e. The molecule has 0 aliphatic rings. The van der Waals surface area contributed by atoms with E-state index in [1.165, 1.54) is 0 Å². The van der Waals surface area contributed by atoms with E-state index >= 15 is 0 Å². The van der Waals surface area contributed by atoms with Crippen molar-refractivity contribution >= 4 is 11.8 Å². The molecule has 1 N–H and O–H groups in total. The number of Topliss-reactive ketones (excluding diaryl/α,β-unsaturated/α-hetero) is 1. The Balaban J connectivity index is 1.63. The molecule has 0 saturated carbocycles. The van der Waals surface area contributed by atoms with Gasteiger partial charge in [0.15, 0.2) is 6.61 Å². The predicted octanol–water partition coefficient (Wildman–Crippen LogP) is 3.46. The van der Waals surface area contributed by atoms with Crippen molar-refractivity contribution in [2.75, 3.05) is 6.61 Å². The predicted molar refractivity (Wildman–Crippen MR) is 90.6 cm³/mol. The number of aryl methyl sites for hydroxylation is 2. The molecule has 0 aliphatic carbocycles. The minimum absolute atomic E-state index is 0.214. The molecule has 3 rings (SSSR count). The fourth-order valence-electron chi connectivity index (χ4n) is 2.58. The maximum atomic E-state index is 12.1. The van der Waals surface area contributed by atoms with E-state index in [0.717, 1.165) is 17.1 Å². The summed E-state index contributed by atoms with van der Waals surface area (Å²) in [5, 5.41) is 0. The molecule has 5 nitrogen and oxygen atoms in total. The molecule has 0 amide bonds. The number of benzene rings is 1. The zero-order valence-electron chi connectivity index (χ0n) is 13.6. The highest BCUT2D eigenvalue weighted by Crippen LogP contribution is 2.13. The zero-order chi connectivity index (χ0) is 17.1. The lowest BCUT2D eigenvalue weighted by atomic mass is 10.1. The molecule has 0 unspecified atom stereocenters. The summed E-state index contributed by atoms with van der Waals surface area (Å²) in [6, 6.07) is 12.7. The first-order chi connectivity index (χ1) is 11.5. The highest BCUT2D eigenvalue weighted by Gasteiger charge is 2.15. The van der Waals surface area contributed by atoms with Gasteiger partial charge >= 0.3 is 5.97 Å². The van der Waals surface area contributed by atoms with Gasteiger partial charge < -0.3 is 14.3 Å². The van der Waals surface area contributed by atoms with Crippen LogP contribution in [0.1, 0.15) is 32.1 Å². The summed E-state index contributed by atoms with van der Waals surface area (Å²) in [6.07, 6.45) is 3.85. The fourth-order valence-corrected chi connectivity index (χ4v) is 2.58. The molecule has 24 heavy (non-hydrogen) atoms. The molecule has 0 saturated heterocycles. The Bertz CT molecular complexity index is 859. The van der Waals surface area contributed by atoms with E-state index in [1.807, 2.05) is 55.1 Å². The average molecular weight is 322 g/mol. The van der Waals surface area contributed by atoms with E-state index in [2.05, 4.69) is 4.98 Å². The molecule has 0 aliphatic heterocycles. The highest BCUT2D eigenvalue weighted by molar-refractivity contribution is 6.00. The van der Waals surface area contributed by atoms with Crippen LogP contribution in [0.15, 0.2) is 54.9 Å². The Morgan fingerprint density at radius 1 is 1.08 bits per heavy atom. The molecule has 0 radical (unpaired) electrons. The van der Waals surface area contributed by atoms with Gasteiger partial charge in [0.05, 0.1) is 5.56 Å². The van der Waals surface area contributed by atoms with Crippen LogP contribution in [0, 0.1) is 13.8 Å². The quantitative estimate of drug-likeness (QED) is 0.578. The molecule has 2 aromatic heterocycles. The van der Waals surface area contributed by atoms with Crippen molar-refractivity contribution in [2.45, 2.75) is 13.8 Å². The molecule has 0 fully saturated rings. The monoisotopic (exact) mass is 322 g/mol. The van der Waals surface area contributed by atoms with Crippen LogP contribution in [0.3, 0.4) is 0 Å². The third kappa shape index (κ3) is 3.30. The van der Waals surface area contributed by atoms with E-state index in [4.69, 9.17) is 4.74 Å². The van der Waals surface area contributed by atoms with Crippen molar-refractivity contribution in [1.29, 1.82) is 0 Å². The van der Waals surface area contributed by atoms with Crippen molar-refractivity contribution in [1.82, 2.24) is 9.55 Å². The molecule has 2 heterocycles. The molecule has 0 atom stereocenters. The van der Waals surface area contributed by atoms with Gasteiger partial charge in [-0.3, -0.25) is 4.79 Å². The van der Waals surface area contributed by atoms with Gasteiger partial charge in [-0.2, -0.15) is 0 Å². The largest absolute Gasteiger partial charge is 0.454 e. The van der Waals surface area contributed by atoms with Crippen molar-refractivity contribution in [3.05, 3.63) is 77.4 Å². The normalized spacial score (nSPS) is 10.6. The van der Waals surface area contributed by atoms with E-state index < -0.39 is 5.97 Å². The smallest absolute Gasteiger partial charge is 0.338 e. The first kappa shape index (κ1) is 15.8. The van der Waals surface area contributed by atoms with Crippen LogP contribution >= 0.6 is 0 Å². The van der Waals surface area contributed by atoms with Gasteiger partial charge in [0, 0.05) is 35.0 Å².